The first kappa shape index (κ1) is 13.3. The number of aromatic nitrogens is 1. The summed E-state index contributed by atoms with van der Waals surface area (Å²) in [6.07, 6.45) is 2.44. The van der Waals surface area contributed by atoms with Crippen molar-refractivity contribution in [2.75, 3.05) is 7.11 Å². The van der Waals surface area contributed by atoms with Gasteiger partial charge in [0.25, 0.3) is 0 Å². The number of carbonyl (C=O) groups is 1. The topological polar surface area (TPSA) is 39.2 Å². The van der Waals surface area contributed by atoms with Crippen LogP contribution in [0.2, 0.25) is 0 Å². The number of rotatable bonds is 3. The molecule has 1 heterocycles. The van der Waals surface area contributed by atoms with E-state index >= 15 is 0 Å². The molecule has 104 valence electrons. The van der Waals surface area contributed by atoms with Crippen LogP contribution in [0.4, 0.5) is 0 Å². The molecule has 0 atom stereocenters. The predicted molar refractivity (Wildman–Crippen MR) is 82.3 cm³/mol. The van der Waals surface area contributed by atoms with Crippen LogP contribution in [0.15, 0.2) is 60.8 Å². The molecule has 0 bridgehead atoms. The number of ether oxygens (including phenoxy) is 1. The zero-order valence-corrected chi connectivity index (χ0v) is 11.7. The fraction of sp³-hybridized carbons (Fsp3) is 0.111. The minimum Gasteiger partial charge on any atom is -0.465 e. The number of esters is 1. The summed E-state index contributed by atoms with van der Waals surface area (Å²) in [6.45, 7) is 0. The quantitative estimate of drug-likeness (QED) is 0.686. The van der Waals surface area contributed by atoms with E-state index in [4.69, 9.17) is 4.74 Å². The average molecular weight is 277 g/mol. The van der Waals surface area contributed by atoms with Crippen molar-refractivity contribution in [1.29, 1.82) is 0 Å². The molecule has 0 saturated heterocycles. The summed E-state index contributed by atoms with van der Waals surface area (Å²) in [7, 11) is 1.39. The molecule has 21 heavy (non-hydrogen) atoms. The summed E-state index contributed by atoms with van der Waals surface area (Å²) in [5.41, 5.74) is 3.72. The molecule has 0 unspecified atom stereocenters. The van der Waals surface area contributed by atoms with Crippen LogP contribution in [0, 0.1) is 0 Å². The highest BCUT2D eigenvalue weighted by molar-refractivity contribution is 6.03. The van der Waals surface area contributed by atoms with E-state index in [9.17, 15) is 4.79 Å². The van der Waals surface area contributed by atoms with Crippen molar-refractivity contribution < 1.29 is 9.53 Å². The molecule has 0 aliphatic rings. The van der Waals surface area contributed by atoms with Gasteiger partial charge in [-0.2, -0.15) is 0 Å². The Bertz CT molecular complexity index is 782. The summed E-state index contributed by atoms with van der Waals surface area (Å²) < 4.78 is 4.84. The molecular formula is C18H15NO2. The van der Waals surface area contributed by atoms with E-state index in [1.54, 1.807) is 12.3 Å². The number of hydrogen-bond acceptors (Lipinski definition) is 3. The maximum atomic E-state index is 11.8. The van der Waals surface area contributed by atoms with E-state index in [0.29, 0.717) is 5.56 Å². The molecule has 0 fully saturated rings. The molecule has 0 spiro atoms. The highest BCUT2D eigenvalue weighted by Gasteiger charge is 2.12. The summed E-state index contributed by atoms with van der Waals surface area (Å²) in [4.78, 5) is 16.3. The van der Waals surface area contributed by atoms with Crippen molar-refractivity contribution in [1.82, 2.24) is 4.98 Å². The van der Waals surface area contributed by atoms with E-state index in [0.717, 1.165) is 22.9 Å². The molecule has 3 rings (SSSR count). The van der Waals surface area contributed by atoms with Crippen molar-refractivity contribution in [3.05, 3.63) is 77.5 Å². The minimum absolute atomic E-state index is 0.334. The van der Waals surface area contributed by atoms with Crippen LogP contribution in [0.1, 0.15) is 21.5 Å². The lowest BCUT2D eigenvalue weighted by Crippen LogP contribution is -2.03. The Labute approximate surface area is 123 Å². The largest absolute Gasteiger partial charge is 0.465 e. The summed E-state index contributed by atoms with van der Waals surface area (Å²) in [5, 5.41) is 0.831. The SMILES string of the molecule is COC(=O)c1ccnc2c(Cc3ccccc3)cccc12. The third kappa shape index (κ3) is 2.63. The molecule has 3 nitrogen and oxygen atoms in total. The predicted octanol–water partition coefficient (Wildman–Crippen LogP) is 3.61. The maximum absolute atomic E-state index is 11.8. The van der Waals surface area contributed by atoms with Gasteiger partial charge in [0.1, 0.15) is 0 Å². The van der Waals surface area contributed by atoms with Crippen LogP contribution >= 0.6 is 0 Å². The Kier molecular flexibility index (Phi) is 3.65. The van der Waals surface area contributed by atoms with Gasteiger partial charge in [0.05, 0.1) is 18.2 Å². The van der Waals surface area contributed by atoms with Gasteiger partial charge in [-0.3, -0.25) is 4.98 Å². The normalized spacial score (nSPS) is 10.5. The Morgan fingerprint density at radius 2 is 1.86 bits per heavy atom. The lowest BCUT2D eigenvalue weighted by Gasteiger charge is -2.08. The first-order valence-electron chi connectivity index (χ1n) is 6.78. The molecular weight excluding hydrogens is 262 g/mol. The zero-order chi connectivity index (χ0) is 14.7. The number of nitrogens with zero attached hydrogens (tertiary/aromatic N) is 1. The van der Waals surface area contributed by atoms with Crippen LogP contribution in [-0.4, -0.2) is 18.1 Å². The van der Waals surface area contributed by atoms with Crippen LogP contribution in [0.5, 0.6) is 0 Å². The second-order valence-electron chi connectivity index (χ2n) is 4.83. The summed E-state index contributed by atoms with van der Waals surface area (Å²) >= 11 is 0. The molecule has 0 aliphatic carbocycles. The van der Waals surface area contributed by atoms with Gasteiger partial charge in [0.15, 0.2) is 0 Å². The Hall–Kier alpha value is -2.68. The molecule has 1 aromatic heterocycles. The van der Waals surface area contributed by atoms with E-state index in [1.165, 1.54) is 12.7 Å². The number of pyridine rings is 1. The summed E-state index contributed by atoms with van der Waals surface area (Å²) in [5.74, 6) is -0.334. The van der Waals surface area contributed by atoms with E-state index in [2.05, 4.69) is 17.1 Å². The fourth-order valence-electron chi connectivity index (χ4n) is 2.48. The van der Waals surface area contributed by atoms with Gasteiger partial charge in [-0.25, -0.2) is 4.79 Å². The highest BCUT2D eigenvalue weighted by atomic mass is 16.5. The summed E-state index contributed by atoms with van der Waals surface area (Å²) in [6, 6.07) is 17.8. The van der Waals surface area contributed by atoms with Crippen molar-refractivity contribution >= 4 is 16.9 Å². The first-order valence-corrected chi connectivity index (χ1v) is 6.78. The number of carbonyl (C=O) groups excluding carboxylic acids is 1. The lowest BCUT2D eigenvalue weighted by molar-refractivity contribution is 0.0603. The van der Waals surface area contributed by atoms with Gasteiger partial charge in [0.2, 0.25) is 0 Å². The Balaban J connectivity index is 2.10. The van der Waals surface area contributed by atoms with Crippen molar-refractivity contribution in [2.45, 2.75) is 6.42 Å². The molecule has 0 amide bonds. The molecule has 0 aliphatic heterocycles. The van der Waals surface area contributed by atoms with E-state index < -0.39 is 0 Å². The van der Waals surface area contributed by atoms with Crippen molar-refractivity contribution in [2.24, 2.45) is 0 Å². The number of hydrogen-bond donors (Lipinski definition) is 0. The first-order chi connectivity index (χ1) is 10.3. The molecule has 0 radical (unpaired) electrons. The molecule has 2 aromatic carbocycles. The van der Waals surface area contributed by atoms with Gasteiger partial charge in [-0.05, 0) is 23.6 Å². The Morgan fingerprint density at radius 3 is 2.62 bits per heavy atom. The second kappa shape index (κ2) is 5.75. The second-order valence-corrected chi connectivity index (χ2v) is 4.83. The smallest absolute Gasteiger partial charge is 0.338 e. The van der Waals surface area contributed by atoms with Crippen molar-refractivity contribution in [3.63, 3.8) is 0 Å². The number of fused-ring (bicyclic) bond motifs is 1. The zero-order valence-electron chi connectivity index (χ0n) is 11.7. The lowest BCUT2D eigenvalue weighted by atomic mass is 10.00. The fourth-order valence-corrected chi connectivity index (χ4v) is 2.48. The van der Waals surface area contributed by atoms with Gasteiger partial charge < -0.3 is 4.74 Å². The van der Waals surface area contributed by atoms with Crippen LogP contribution in [0.3, 0.4) is 0 Å². The van der Waals surface area contributed by atoms with Crippen LogP contribution in [0.25, 0.3) is 10.9 Å². The minimum atomic E-state index is -0.334. The monoisotopic (exact) mass is 277 g/mol. The number of methoxy groups -OCH3 is 1. The van der Waals surface area contributed by atoms with Crippen LogP contribution < -0.4 is 0 Å². The van der Waals surface area contributed by atoms with Crippen LogP contribution in [-0.2, 0) is 11.2 Å². The van der Waals surface area contributed by atoms with Gasteiger partial charge in [-0.1, -0.05) is 48.5 Å². The van der Waals surface area contributed by atoms with E-state index in [1.807, 2.05) is 36.4 Å². The molecule has 0 saturated carbocycles. The molecule has 3 aromatic rings. The average Bonchev–Trinajstić information content (AvgIpc) is 2.55. The third-order valence-corrected chi connectivity index (χ3v) is 3.50. The molecule has 3 heteroatoms. The van der Waals surface area contributed by atoms with Crippen molar-refractivity contribution in [3.8, 4) is 0 Å². The van der Waals surface area contributed by atoms with Gasteiger partial charge in [-0.15, -0.1) is 0 Å². The number of para-hydroxylation sites is 1. The van der Waals surface area contributed by atoms with Gasteiger partial charge in [0, 0.05) is 11.6 Å². The highest BCUT2D eigenvalue weighted by Crippen LogP contribution is 2.23. The standard InChI is InChI=1S/C18H15NO2/c1-21-18(20)16-10-11-19-17-14(8-5-9-15(16)17)12-13-6-3-2-4-7-13/h2-11H,12H2,1H3. The number of benzene rings is 2. The Morgan fingerprint density at radius 1 is 1.05 bits per heavy atom. The van der Waals surface area contributed by atoms with Gasteiger partial charge >= 0.3 is 5.97 Å². The third-order valence-electron chi connectivity index (χ3n) is 3.50. The van der Waals surface area contributed by atoms with E-state index in [-0.39, 0.29) is 5.97 Å². The molecule has 0 N–H and O–H groups in total. The maximum Gasteiger partial charge on any atom is 0.338 e.